The highest BCUT2D eigenvalue weighted by Gasteiger charge is 2.41. The highest BCUT2D eigenvalue weighted by atomic mass is 32.1. The number of aliphatic carboxylic acids is 1. The zero-order valence-corrected chi connectivity index (χ0v) is 16.9. The zero-order valence-electron chi connectivity index (χ0n) is 16.1. The van der Waals surface area contributed by atoms with Crippen molar-refractivity contribution in [1.82, 2.24) is 4.90 Å². The molecule has 0 saturated carbocycles. The summed E-state index contributed by atoms with van der Waals surface area (Å²) in [5.74, 6) is -1.76. The standard InChI is InChI=1S/C20H22N2O6S/c1-3-28-19(26)16-12(2)15-17(25)22(11-14(23)24)20(27)21(18(15)29-16)10-9-13-7-5-4-6-8-13/h4-8,17,25H,3,9-11H2,1-2H3,(H,23,24). The molecule has 1 unspecified atom stereocenters. The van der Waals surface area contributed by atoms with Crippen LogP contribution in [0.2, 0.25) is 0 Å². The van der Waals surface area contributed by atoms with Crippen LogP contribution < -0.4 is 4.90 Å². The van der Waals surface area contributed by atoms with Gasteiger partial charge < -0.3 is 14.9 Å². The van der Waals surface area contributed by atoms with Gasteiger partial charge in [-0.3, -0.25) is 14.6 Å². The number of esters is 1. The van der Waals surface area contributed by atoms with E-state index in [1.807, 2.05) is 30.3 Å². The predicted molar refractivity (Wildman–Crippen MR) is 107 cm³/mol. The van der Waals surface area contributed by atoms with Gasteiger partial charge in [0.2, 0.25) is 0 Å². The maximum Gasteiger partial charge on any atom is 0.348 e. The molecule has 3 rings (SSSR count). The first-order valence-electron chi connectivity index (χ1n) is 9.17. The van der Waals surface area contributed by atoms with Crippen LogP contribution in [0.1, 0.15) is 39.5 Å². The number of aliphatic hydroxyl groups excluding tert-OH is 1. The van der Waals surface area contributed by atoms with Gasteiger partial charge in [0.15, 0.2) is 6.23 Å². The third-order valence-electron chi connectivity index (χ3n) is 4.68. The van der Waals surface area contributed by atoms with Gasteiger partial charge in [-0.1, -0.05) is 30.3 Å². The lowest BCUT2D eigenvalue weighted by Crippen LogP contribution is -2.51. The van der Waals surface area contributed by atoms with Crippen molar-refractivity contribution in [2.24, 2.45) is 0 Å². The van der Waals surface area contributed by atoms with Crippen molar-refractivity contribution in [1.29, 1.82) is 0 Å². The number of hydrogen-bond acceptors (Lipinski definition) is 6. The van der Waals surface area contributed by atoms with Crippen molar-refractivity contribution >= 4 is 34.3 Å². The monoisotopic (exact) mass is 418 g/mol. The summed E-state index contributed by atoms with van der Waals surface area (Å²) in [5, 5.41) is 20.3. The SMILES string of the molecule is CCOC(=O)c1sc2c(c1C)C(O)N(CC(=O)O)C(=O)N2CCc1ccccc1. The molecule has 0 saturated heterocycles. The lowest BCUT2D eigenvalue weighted by Gasteiger charge is -2.38. The van der Waals surface area contributed by atoms with Gasteiger partial charge >= 0.3 is 18.0 Å². The molecule has 2 aromatic rings. The smallest absolute Gasteiger partial charge is 0.348 e. The van der Waals surface area contributed by atoms with Gasteiger partial charge in [0.05, 0.1) is 6.61 Å². The van der Waals surface area contributed by atoms with E-state index in [1.165, 1.54) is 4.90 Å². The number of hydrogen-bond donors (Lipinski definition) is 2. The van der Waals surface area contributed by atoms with E-state index in [0.717, 1.165) is 21.8 Å². The van der Waals surface area contributed by atoms with Crippen molar-refractivity contribution in [2.75, 3.05) is 24.6 Å². The number of amides is 2. The summed E-state index contributed by atoms with van der Waals surface area (Å²) in [5.41, 5.74) is 1.87. The lowest BCUT2D eigenvalue weighted by atomic mass is 10.1. The number of urea groups is 1. The molecular weight excluding hydrogens is 396 g/mol. The summed E-state index contributed by atoms with van der Waals surface area (Å²) in [4.78, 5) is 39.2. The molecule has 1 aliphatic rings. The topological polar surface area (TPSA) is 107 Å². The molecular formula is C20H22N2O6S. The average Bonchev–Trinajstić information content (AvgIpc) is 3.03. The highest BCUT2D eigenvalue weighted by molar-refractivity contribution is 7.18. The highest BCUT2D eigenvalue weighted by Crippen LogP contribution is 2.44. The molecule has 1 aliphatic heterocycles. The van der Waals surface area contributed by atoms with E-state index in [0.29, 0.717) is 27.4 Å². The molecule has 2 N–H and O–H groups in total. The average molecular weight is 418 g/mol. The number of thiophene rings is 1. The molecule has 8 nitrogen and oxygen atoms in total. The number of carbonyl (C=O) groups is 3. The molecule has 0 radical (unpaired) electrons. The molecule has 9 heteroatoms. The molecule has 29 heavy (non-hydrogen) atoms. The van der Waals surface area contributed by atoms with Crippen LogP contribution in [0.25, 0.3) is 0 Å². The van der Waals surface area contributed by atoms with Crippen LogP contribution in [0, 0.1) is 6.92 Å². The molecule has 0 fully saturated rings. The Kier molecular flexibility index (Phi) is 6.19. The summed E-state index contributed by atoms with van der Waals surface area (Å²) in [6.07, 6.45) is -0.907. The molecule has 0 spiro atoms. The number of nitrogens with zero attached hydrogens (tertiary/aromatic N) is 2. The van der Waals surface area contributed by atoms with E-state index < -0.39 is 30.7 Å². The lowest BCUT2D eigenvalue weighted by molar-refractivity contribution is -0.140. The van der Waals surface area contributed by atoms with Gasteiger partial charge in [-0.25, -0.2) is 9.59 Å². The van der Waals surface area contributed by atoms with E-state index in [2.05, 4.69) is 0 Å². The van der Waals surface area contributed by atoms with E-state index in [9.17, 15) is 24.6 Å². The fraction of sp³-hybridized carbons (Fsp3) is 0.350. The molecule has 154 valence electrons. The number of rotatable bonds is 7. The molecule has 2 amide bonds. The summed E-state index contributed by atoms with van der Waals surface area (Å²) >= 11 is 1.08. The number of carbonyl (C=O) groups excluding carboxylic acids is 2. The minimum absolute atomic E-state index is 0.200. The van der Waals surface area contributed by atoms with Crippen LogP contribution in [0.15, 0.2) is 30.3 Å². The number of fused-ring (bicyclic) bond motifs is 1. The van der Waals surface area contributed by atoms with Gasteiger partial charge in [0.25, 0.3) is 0 Å². The Bertz CT molecular complexity index is 927. The second kappa shape index (κ2) is 8.62. The Morgan fingerprint density at radius 1 is 1.24 bits per heavy atom. The van der Waals surface area contributed by atoms with E-state index in [1.54, 1.807) is 13.8 Å². The largest absolute Gasteiger partial charge is 0.480 e. The number of anilines is 1. The summed E-state index contributed by atoms with van der Waals surface area (Å²) in [6.45, 7) is 3.19. The van der Waals surface area contributed by atoms with Crippen molar-refractivity contribution in [3.8, 4) is 0 Å². The predicted octanol–water partition coefficient (Wildman–Crippen LogP) is 2.79. The van der Waals surface area contributed by atoms with Crippen LogP contribution in [0.4, 0.5) is 9.80 Å². The van der Waals surface area contributed by atoms with Gasteiger partial charge in [0.1, 0.15) is 16.4 Å². The minimum Gasteiger partial charge on any atom is -0.480 e. The van der Waals surface area contributed by atoms with Gasteiger partial charge in [-0.05, 0) is 31.4 Å². The Balaban J connectivity index is 2.01. The normalized spacial score (nSPS) is 16.0. The number of carboxylic acids is 1. The minimum atomic E-state index is -1.44. The van der Waals surface area contributed by atoms with Crippen molar-refractivity contribution in [2.45, 2.75) is 26.5 Å². The van der Waals surface area contributed by atoms with Crippen LogP contribution >= 0.6 is 11.3 Å². The second-order valence-electron chi connectivity index (χ2n) is 6.56. The number of benzene rings is 1. The van der Waals surface area contributed by atoms with E-state index in [-0.39, 0.29) is 13.2 Å². The van der Waals surface area contributed by atoms with Crippen molar-refractivity contribution in [3.63, 3.8) is 0 Å². The van der Waals surface area contributed by atoms with Gasteiger partial charge in [-0.2, -0.15) is 0 Å². The van der Waals surface area contributed by atoms with Crippen LogP contribution in [-0.2, 0) is 16.0 Å². The Morgan fingerprint density at radius 2 is 1.93 bits per heavy atom. The first-order valence-corrected chi connectivity index (χ1v) is 9.99. The molecule has 1 atom stereocenters. The Labute approximate surface area is 171 Å². The Morgan fingerprint density at radius 3 is 2.55 bits per heavy atom. The summed E-state index contributed by atoms with van der Waals surface area (Å²) in [7, 11) is 0. The van der Waals surface area contributed by atoms with Crippen molar-refractivity contribution < 1.29 is 29.3 Å². The summed E-state index contributed by atoms with van der Waals surface area (Å²) in [6, 6.07) is 8.94. The first kappa shape index (κ1) is 20.8. The molecule has 0 aliphatic carbocycles. The molecule has 1 aromatic carbocycles. The third kappa shape index (κ3) is 4.10. The van der Waals surface area contributed by atoms with E-state index in [4.69, 9.17) is 4.74 Å². The molecule has 1 aromatic heterocycles. The third-order valence-corrected chi connectivity index (χ3v) is 5.99. The quantitative estimate of drug-likeness (QED) is 0.670. The van der Waals surface area contributed by atoms with Crippen LogP contribution in [-0.4, -0.2) is 52.8 Å². The maximum atomic E-state index is 13.0. The second-order valence-corrected chi connectivity index (χ2v) is 7.56. The van der Waals surface area contributed by atoms with Crippen molar-refractivity contribution in [3.05, 3.63) is 51.9 Å². The first-order chi connectivity index (χ1) is 13.8. The number of ether oxygens (including phenoxy) is 1. The van der Waals surface area contributed by atoms with Gasteiger partial charge in [-0.15, -0.1) is 11.3 Å². The summed E-state index contributed by atoms with van der Waals surface area (Å²) < 4.78 is 5.08. The molecule has 0 bridgehead atoms. The zero-order chi connectivity index (χ0) is 21.1. The maximum absolute atomic E-state index is 13.0. The van der Waals surface area contributed by atoms with Gasteiger partial charge in [0, 0.05) is 12.1 Å². The number of aliphatic hydroxyl groups is 1. The van der Waals surface area contributed by atoms with Crippen LogP contribution in [0.3, 0.4) is 0 Å². The van der Waals surface area contributed by atoms with E-state index >= 15 is 0 Å². The van der Waals surface area contributed by atoms with Crippen LogP contribution in [0.5, 0.6) is 0 Å². The Hall–Kier alpha value is -2.91. The molecule has 2 heterocycles. The number of carboxylic acid groups (broad SMARTS) is 1. The fourth-order valence-corrected chi connectivity index (χ4v) is 4.54. The fourth-order valence-electron chi connectivity index (χ4n) is 3.29.